The topological polar surface area (TPSA) is 93.2 Å². The molecule has 0 saturated heterocycles. The molecule has 0 fully saturated rings. The number of aliphatic hydroxyl groups excluding tert-OH is 1. The number of nitrogens with zero attached hydrogens (tertiary/aromatic N) is 3. The molecule has 7 heteroatoms. The second-order valence-electron chi connectivity index (χ2n) is 3.17. The van der Waals surface area contributed by atoms with Crippen LogP contribution in [-0.4, -0.2) is 39.0 Å². The standard InChI is InChI=1S/C9H12N4O3/c1-2-3-10-5-9(14)7-12-6-8(4-11-12)13(15)16/h1,4,6,9-10,14H,3,5,7H2. The molecule has 7 nitrogen and oxygen atoms in total. The van der Waals surface area contributed by atoms with Crippen molar-refractivity contribution < 1.29 is 10.0 Å². The third-order valence-corrected chi connectivity index (χ3v) is 1.84. The lowest BCUT2D eigenvalue weighted by Gasteiger charge is -2.09. The Bertz CT molecular complexity index is 396. The molecule has 0 aliphatic heterocycles. The van der Waals surface area contributed by atoms with Gasteiger partial charge in [0.15, 0.2) is 0 Å². The number of aromatic nitrogens is 2. The highest BCUT2D eigenvalue weighted by Crippen LogP contribution is 2.07. The largest absolute Gasteiger partial charge is 0.390 e. The lowest BCUT2D eigenvalue weighted by molar-refractivity contribution is -0.385. The first kappa shape index (κ1) is 12.2. The van der Waals surface area contributed by atoms with Gasteiger partial charge in [-0.2, -0.15) is 5.10 Å². The summed E-state index contributed by atoms with van der Waals surface area (Å²) < 4.78 is 1.32. The van der Waals surface area contributed by atoms with Gasteiger partial charge in [0.25, 0.3) is 0 Å². The number of terminal acetylenes is 1. The van der Waals surface area contributed by atoms with Gasteiger partial charge in [-0.3, -0.25) is 14.8 Å². The van der Waals surface area contributed by atoms with E-state index < -0.39 is 11.0 Å². The van der Waals surface area contributed by atoms with Crippen molar-refractivity contribution in [2.24, 2.45) is 0 Å². The molecule has 0 bridgehead atoms. The van der Waals surface area contributed by atoms with Crippen LogP contribution in [0.3, 0.4) is 0 Å². The number of nitrogens with one attached hydrogen (secondary N) is 1. The third kappa shape index (κ3) is 3.68. The van der Waals surface area contributed by atoms with Gasteiger partial charge in [0, 0.05) is 6.54 Å². The van der Waals surface area contributed by atoms with E-state index in [-0.39, 0.29) is 12.2 Å². The molecule has 1 rings (SSSR count). The second-order valence-corrected chi connectivity index (χ2v) is 3.17. The van der Waals surface area contributed by atoms with Gasteiger partial charge in [0.1, 0.15) is 12.4 Å². The Morgan fingerprint density at radius 3 is 3.12 bits per heavy atom. The third-order valence-electron chi connectivity index (χ3n) is 1.84. The van der Waals surface area contributed by atoms with Crippen LogP contribution in [0.4, 0.5) is 5.69 Å². The molecular formula is C9H12N4O3. The monoisotopic (exact) mass is 224 g/mol. The average Bonchev–Trinajstić information content (AvgIpc) is 2.66. The van der Waals surface area contributed by atoms with E-state index >= 15 is 0 Å². The zero-order chi connectivity index (χ0) is 12.0. The molecule has 0 aliphatic carbocycles. The van der Waals surface area contributed by atoms with E-state index in [1.54, 1.807) is 0 Å². The molecule has 0 saturated carbocycles. The number of rotatable bonds is 6. The van der Waals surface area contributed by atoms with Gasteiger partial charge in [-0.05, 0) is 0 Å². The summed E-state index contributed by atoms with van der Waals surface area (Å²) in [4.78, 5) is 9.83. The zero-order valence-corrected chi connectivity index (χ0v) is 8.54. The number of hydrogen-bond acceptors (Lipinski definition) is 5. The molecule has 1 atom stereocenters. The van der Waals surface area contributed by atoms with Crippen LogP contribution in [0.1, 0.15) is 0 Å². The Morgan fingerprint density at radius 1 is 1.81 bits per heavy atom. The fourth-order valence-electron chi connectivity index (χ4n) is 1.14. The molecule has 0 spiro atoms. The summed E-state index contributed by atoms with van der Waals surface area (Å²) in [6, 6.07) is 0. The van der Waals surface area contributed by atoms with E-state index in [1.807, 2.05) is 0 Å². The molecule has 0 amide bonds. The Balaban J connectivity index is 2.41. The van der Waals surface area contributed by atoms with Crippen LogP contribution < -0.4 is 5.32 Å². The predicted octanol–water partition coefficient (Wildman–Crippen LogP) is -0.625. The van der Waals surface area contributed by atoms with Crippen molar-refractivity contribution in [3.8, 4) is 12.3 Å². The second kappa shape index (κ2) is 5.85. The van der Waals surface area contributed by atoms with Crippen LogP contribution in [0.25, 0.3) is 0 Å². The maximum atomic E-state index is 10.4. The van der Waals surface area contributed by atoms with E-state index in [0.29, 0.717) is 13.1 Å². The van der Waals surface area contributed by atoms with E-state index in [9.17, 15) is 15.2 Å². The Morgan fingerprint density at radius 2 is 2.56 bits per heavy atom. The van der Waals surface area contributed by atoms with Gasteiger partial charge in [-0.15, -0.1) is 6.42 Å². The van der Waals surface area contributed by atoms with Crippen molar-refractivity contribution in [1.29, 1.82) is 0 Å². The summed E-state index contributed by atoms with van der Waals surface area (Å²) >= 11 is 0. The van der Waals surface area contributed by atoms with Crippen molar-refractivity contribution in [3.05, 3.63) is 22.5 Å². The summed E-state index contributed by atoms with van der Waals surface area (Å²) in [6.45, 7) is 0.875. The van der Waals surface area contributed by atoms with Gasteiger partial charge >= 0.3 is 5.69 Å². The first-order chi connectivity index (χ1) is 7.63. The molecule has 0 aliphatic rings. The van der Waals surface area contributed by atoms with Crippen molar-refractivity contribution >= 4 is 5.69 Å². The Hall–Kier alpha value is -1.91. The summed E-state index contributed by atoms with van der Waals surface area (Å²) in [7, 11) is 0. The van der Waals surface area contributed by atoms with Crippen LogP contribution in [-0.2, 0) is 6.54 Å². The van der Waals surface area contributed by atoms with Crippen LogP contribution in [0, 0.1) is 22.5 Å². The molecule has 1 heterocycles. The van der Waals surface area contributed by atoms with Crippen LogP contribution in [0.15, 0.2) is 12.4 Å². The lowest BCUT2D eigenvalue weighted by atomic mass is 10.3. The molecular weight excluding hydrogens is 212 g/mol. The first-order valence-electron chi connectivity index (χ1n) is 4.62. The number of nitro groups is 1. The normalized spacial score (nSPS) is 12.0. The van der Waals surface area contributed by atoms with E-state index in [0.717, 1.165) is 6.20 Å². The highest BCUT2D eigenvalue weighted by Gasteiger charge is 2.11. The maximum absolute atomic E-state index is 10.4. The highest BCUT2D eigenvalue weighted by atomic mass is 16.6. The molecule has 0 radical (unpaired) electrons. The van der Waals surface area contributed by atoms with Crippen molar-refractivity contribution in [3.63, 3.8) is 0 Å². The SMILES string of the molecule is C#CCNCC(O)Cn1cc([N+](=O)[O-])cn1. The summed E-state index contributed by atoms with van der Waals surface area (Å²) in [5, 5.41) is 26.5. The minimum Gasteiger partial charge on any atom is -0.390 e. The molecule has 1 aromatic rings. The summed E-state index contributed by atoms with van der Waals surface area (Å²) in [5.41, 5.74) is -0.0937. The van der Waals surface area contributed by atoms with Crippen molar-refractivity contribution in [2.45, 2.75) is 12.6 Å². The van der Waals surface area contributed by atoms with E-state index in [1.165, 1.54) is 10.9 Å². The van der Waals surface area contributed by atoms with Crippen LogP contribution in [0.5, 0.6) is 0 Å². The molecule has 0 aromatic carbocycles. The number of hydrogen-bond donors (Lipinski definition) is 2. The molecule has 2 N–H and O–H groups in total. The Kier molecular flexibility index (Phi) is 4.44. The summed E-state index contributed by atoms with van der Waals surface area (Å²) in [6.07, 6.45) is 6.74. The fourth-order valence-corrected chi connectivity index (χ4v) is 1.14. The van der Waals surface area contributed by atoms with Gasteiger partial charge in [0.05, 0.1) is 24.1 Å². The average molecular weight is 224 g/mol. The first-order valence-corrected chi connectivity index (χ1v) is 4.62. The maximum Gasteiger partial charge on any atom is 0.306 e. The molecule has 1 unspecified atom stereocenters. The van der Waals surface area contributed by atoms with Crippen LogP contribution in [0.2, 0.25) is 0 Å². The highest BCUT2D eigenvalue weighted by molar-refractivity contribution is 5.20. The van der Waals surface area contributed by atoms with Gasteiger partial charge in [-0.1, -0.05) is 5.92 Å². The van der Waals surface area contributed by atoms with E-state index in [2.05, 4.69) is 16.3 Å². The van der Waals surface area contributed by atoms with E-state index in [4.69, 9.17) is 6.42 Å². The molecule has 1 aromatic heterocycles. The fraction of sp³-hybridized carbons (Fsp3) is 0.444. The molecule has 16 heavy (non-hydrogen) atoms. The number of aliphatic hydroxyl groups is 1. The predicted molar refractivity (Wildman–Crippen MR) is 56.6 cm³/mol. The smallest absolute Gasteiger partial charge is 0.306 e. The quantitative estimate of drug-likeness (QED) is 0.290. The minimum atomic E-state index is -0.687. The zero-order valence-electron chi connectivity index (χ0n) is 8.54. The van der Waals surface area contributed by atoms with Gasteiger partial charge < -0.3 is 10.4 Å². The minimum absolute atomic E-state index is 0.0937. The lowest BCUT2D eigenvalue weighted by Crippen LogP contribution is -2.30. The van der Waals surface area contributed by atoms with Crippen LogP contribution >= 0.6 is 0 Å². The molecule has 86 valence electrons. The summed E-state index contributed by atoms with van der Waals surface area (Å²) in [5.74, 6) is 2.37. The Labute approximate surface area is 92.2 Å². The van der Waals surface area contributed by atoms with Crippen molar-refractivity contribution in [1.82, 2.24) is 15.1 Å². The van der Waals surface area contributed by atoms with Gasteiger partial charge in [0.2, 0.25) is 0 Å². The van der Waals surface area contributed by atoms with Crippen molar-refractivity contribution in [2.75, 3.05) is 13.1 Å². The van der Waals surface area contributed by atoms with Gasteiger partial charge in [-0.25, -0.2) is 0 Å².